The molecule has 6 nitrogen and oxygen atoms in total. The van der Waals surface area contributed by atoms with Crippen molar-refractivity contribution in [3.8, 4) is 11.3 Å². The number of carbonyl (C=O) groups excluding carboxylic acids is 1. The third-order valence-electron chi connectivity index (χ3n) is 5.64. The number of amides is 2. The number of anilines is 2. The van der Waals surface area contributed by atoms with E-state index in [0.717, 1.165) is 34.8 Å². The lowest BCUT2D eigenvalue weighted by Crippen LogP contribution is -2.50. The molecule has 172 valence electrons. The minimum Gasteiger partial charge on any atom is -0.352 e. The summed E-state index contributed by atoms with van der Waals surface area (Å²) >= 11 is 0. The first-order chi connectivity index (χ1) is 15.7. The largest absolute Gasteiger partial charge is 0.416 e. The summed E-state index contributed by atoms with van der Waals surface area (Å²) in [7, 11) is 0. The molecule has 1 aliphatic heterocycles. The van der Waals surface area contributed by atoms with E-state index in [4.69, 9.17) is 0 Å². The van der Waals surface area contributed by atoms with Gasteiger partial charge in [-0.25, -0.2) is 4.79 Å². The first-order valence-corrected chi connectivity index (χ1v) is 10.6. The number of rotatable bonds is 3. The number of aromatic nitrogens is 2. The number of nitrogens with zero attached hydrogens (tertiary/aromatic N) is 4. The highest BCUT2D eigenvalue weighted by Crippen LogP contribution is 2.30. The van der Waals surface area contributed by atoms with Gasteiger partial charge in [-0.1, -0.05) is 29.8 Å². The zero-order valence-corrected chi connectivity index (χ0v) is 18.4. The van der Waals surface area contributed by atoms with Crippen molar-refractivity contribution in [2.75, 3.05) is 36.4 Å². The van der Waals surface area contributed by atoms with Crippen LogP contribution in [0, 0.1) is 13.8 Å². The summed E-state index contributed by atoms with van der Waals surface area (Å²) in [4.78, 5) is 16.1. The Balaban J connectivity index is 1.35. The summed E-state index contributed by atoms with van der Waals surface area (Å²) in [6.07, 6.45) is -4.46. The molecule has 1 saturated heterocycles. The molecule has 9 heteroatoms. The van der Waals surface area contributed by atoms with E-state index in [2.05, 4.69) is 21.6 Å². The van der Waals surface area contributed by atoms with E-state index in [0.29, 0.717) is 26.2 Å². The van der Waals surface area contributed by atoms with Gasteiger partial charge in [-0.15, -0.1) is 10.2 Å². The summed E-state index contributed by atoms with van der Waals surface area (Å²) in [6, 6.07) is 14.2. The van der Waals surface area contributed by atoms with Crippen LogP contribution in [-0.2, 0) is 6.18 Å². The molecule has 0 saturated carbocycles. The molecule has 4 rings (SSSR count). The Labute approximate surface area is 190 Å². The second-order valence-corrected chi connectivity index (χ2v) is 8.08. The average molecular weight is 455 g/mol. The maximum absolute atomic E-state index is 12.9. The number of aryl methyl sites for hydroxylation is 2. The summed E-state index contributed by atoms with van der Waals surface area (Å²) in [5.41, 5.74) is 3.48. The van der Waals surface area contributed by atoms with Gasteiger partial charge in [-0.05, 0) is 49.7 Å². The highest BCUT2D eigenvalue weighted by atomic mass is 19.4. The second kappa shape index (κ2) is 9.09. The van der Waals surface area contributed by atoms with Gasteiger partial charge in [0, 0.05) is 37.4 Å². The number of hydrogen-bond acceptors (Lipinski definition) is 4. The fourth-order valence-corrected chi connectivity index (χ4v) is 3.85. The van der Waals surface area contributed by atoms with Gasteiger partial charge in [0.2, 0.25) is 0 Å². The molecule has 0 atom stereocenters. The van der Waals surface area contributed by atoms with E-state index in [1.165, 1.54) is 17.7 Å². The van der Waals surface area contributed by atoms with E-state index in [-0.39, 0.29) is 5.69 Å². The van der Waals surface area contributed by atoms with Gasteiger partial charge in [0.1, 0.15) is 0 Å². The van der Waals surface area contributed by atoms with Gasteiger partial charge in [-0.2, -0.15) is 13.2 Å². The van der Waals surface area contributed by atoms with Crippen LogP contribution in [0.15, 0.2) is 54.6 Å². The molecule has 1 aliphatic rings. The zero-order valence-electron chi connectivity index (χ0n) is 18.4. The molecular formula is C24H24F3N5O. The Morgan fingerprint density at radius 2 is 1.70 bits per heavy atom. The van der Waals surface area contributed by atoms with Gasteiger partial charge < -0.3 is 15.1 Å². The van der Waals surface area contributed by atoms with Crippen LogP contribution in [0.5, 0.6) is 0 Å². The van der Waals surface area contributed by atoms with Crippen LogP contribution in [0.3, 0.4) is 0 Å². The van der Waals surface area contributed by atoms with Crippen molar-refractivity contribution in [1.29, 1.82) is 0 Å². The van der Waals surface area contributed by atoms with Crippen LogP contribution >= 0.6 is 0 Å². The van der Waals surface area contributed by atoms with E-state index < -0.39 is 17.8 Å². The Hall–Kier alpha value is -3.62. The van der Waals surface area contributed by atoms with Crippen molar-refractivity contribution in [1.82, 2.24) is 15.1 Å². The van der Waals surface area contributed by atoms with E-state index >= 15 is 0 Å². The predicted molar refractivity (Wildman–Crippen MR) is 121 cm³/mol. The molecule has 0 radical (unpaired) electrons. The minimum absolute atomic E-state index is 0.116. The quantitative estimate of drug-likeness (QED) is 0.595. The number of piperazine rings is 1. The SMILES string of the molecule is Cc1ccc(-c2ccc(N3CCN(C(=O)Nc4cccc(C(F)(F)F)c4)CC3)nn2)c(C)c1. The number of carbonyl (C=O) groups is 1. The lowest BCUT2D eigenvalue weighted by atomic mass is 10.0. The first-order valence-electron chi connectivity index (χ1n) is 10.6. The second-order valence-electron chi connectivity index (χ2n) is 8.08. The highest BCUT2D eigenvalue weighted by molar-refractivity contribution is 5.89. The third-order valence-corrected chi connectivity index (χ3v) is 5.64. The van der Waals surface area contributed by atoms with Crippen LogP contribution in [0.25, 0.3) is 11.3 Å². The third kappa shape index (κ3) is 5.24. The van der Waals surface area contributed by atoms with Gasteiger partial charge in [0.05, 0.1) is 11.3 Å². The maximum atomic E-state index is 12.9. The van der Waals surface area contributed by atoms with Crippen molar-refractivity contribution >= 4 is 17.5 Å². The Kier molecular flexibility index (Phi) is 6.22. The molecule has 1 N–H and O–H groups in total. The summed E-state index contributed by atoms with van der Waals surface area (Å²) in [5.74, 6) is 0.724. The van der Waals surface area contributed by atoms with Gasteiger partial charge in [-0.3, -0.25) is 0 Å². The molecule has 1 aromatic heterocycles. The number of nitrogens with one attached hydrogen (secondary N) is 1. The zero-order chi connectivity index (χ0) is 23.6. The fourth-order valence-electron chi connectivity index (χ4n) is 3.85. The lowest BCUT2D eigenvalue weighted by Gasteiger charge is -2.35. The molecule has 3 aromatic rings. The topological polar surface area (TPSA) is 61.4 Å². The normalized spacial score (nSPS) is 14.3. The lowest BCUT2D eigenvalue weighted by molar-refractivity contribution is -0.137. The molecule has 0 bridgehead atoms. The van der Waals surface area contributed by atoms with Crippen molar-refractivity contribution in [3.05, 3.63) is 71.3 Å². The smallest absolute Gasteiger partial charge is 0.352 e. The molecule has 0 unspecified atom stereocenters. The van der Waals surface area contributed by atoms with Crippen LogP contribution in [0.2, 0.25) is 0 Å². The maximum Gasteiger partial charge on any atom is 0.416 e. The molecule has 33 heavy (non-hydrogen) atoms. The van der Waals surface area contributed by atoms with Crippen LogP contribution in [0.4, 0.5) is 29.5 Å². The van der Waals surface area contributed by atoms with Gasteiger partial charge in [0.15, 0.2) is 5.82 Å². The number of urea groups is 1. The monoisotopic (exact) mass is 455 g/mol. The molecule has 2 amide bonds. The van der Waals surface area contributed by atoms with E-state index in [9.17, 15) is 18.0 Å². The van der Waals surface area contributed by atoms with Crippen molar-refractivity contribution in [2.45, 2.75) is 20.0 Å². The van der Waals surface area contributed by atoms with E-state index in [1.54, 1.807) is 4.90 Å². The standard InChI is InChI=1S/C24H24F3N5O/c1-16-6-7-20(17(2)14-16)21-8-9-22(30-29-21)31-10-12-32(13-11-31)23(33)28-19-5-3-4-18(15-19)24(25,26)27/h3-9,14-15H,10-13H2,1-2H3,(H,28,33). The molecular weight excluding hydrogens is 431 g/mol. The fraction of sp³-hybridized carbons (Fsp3) is 0.292. The summed E-state index contributed by atoms with van der Waals surface area (Å²) in [6.45, 7) is 6.03. The Bertz CT molecular complexity index is 1140. The molecule has 2 aromatic carbocycles. The Morgan fingerprint density at radius 1 is 0.939 bits per heavy atom. The number of hydrogen-bond donors (Lipinski definition) is 1. The number of halogens is 3. The van der Waals surface area contributed by atoms with Crippen LogP contribution in [0.1, 0.15) is 16.7 Å². The van der Waals surface area contributed by atoms with Crippen LogP contribution in [-0.4, -0.2) is 47.3 Å². The minimum atomic E-state index is -4.46. The first kappa shape index (κ1) is 22.6. The number of benzene rings is 2. The Morgan fingerprint density at radius 3 is 2.33 bits per heavy atom. The molecule has 1 fully saturated rings. The summed E-state index contributed by atoms with van der Waals surface area (Å²) < 4.78 is 38.6. The van der Waals surface area contributed by atoms with Gasteiger partial charge in [0.25, 0.3) is 0 Å². The average Bonchev–Trinajstić information content (AvgIpc) is 2.79. The van der Waals surface area contributed by atoms with Gasteiger partial charge >= 0.3 is 12.2 Å². The highest BCUT2D eigenvalue weighted by Gasteiger charge is 2.30. The summed E-state index contributed by atoms with van der Waals surface area (Å²) in [5, 5.41) is 11.3. The number of alkyl halides is 3. The van der Waals surface area contributed by atoms with Crippen molar-refractivity contribution in [3.63, 3.8) is 0 Å². The predicted octanol–water partition coefficient (Wildman–Crippen LogP) is 5.13. The van der Waals surface area contributed by atoms with Crippen molar-refractivity contribution in [2.24, 2.45) is 0 Å². The van der Waals surface area contributed by atoms with Crippen LogP contribution < -0.4 is 10.2 Å². The molecule has 0 aliphatic carbocycles. The van der Waals surface area contributed by atoms with Crippen molar-refractivity contribution < 1.29 is 18.0 Å². The molecule has 2 heterocycles. The molecule has 0 spiro atoms. The van der Waals surface area contributed by atoms with E-state index in [1.807, 2.05) is 43.0 Å².